The molecule has 0 amide bonds. The molecule has 96 valence electrons. The minimum Gasteiger partial charge on any atom is -0.354 e. The van der Waals surface area contributed by atoms with Gasteiger partial charge in [0.1, 0.15) is 0 Å². The molecule has 1 aliphatic heterocycles. The summed E-state index contributed by atoms with van der Waals surface area (Å²) in [6, 6.07) is 0.566. The number of hydrogen-bond donors (Lipinski definition) is 1. The summed E-state index contributed by atoms with van der Waals surface area (Å²) in [6.07, 6.45) is 3.86. The molecule has 0 spiro atoms. The van der Waals surface area contributed by atoms with Gasteiger partial charge in [-0.3, -0.25) is 4.90 Å². The SMILES string of the molecule is CCn1ccnc1NCC1CN(C)CCN1C. The maximum atomic E-state index is 4.34. The first-order chi connectivity index (χ1) is 8.20. The van der Waals surface area contributed by atoms with Gasteiger partial charge in [-0.25, -0.2) is 4.98 Å². The Hall–Kier alpha value is -1.07. The topological polar surface area (TPSA) is 36.3 Å². The summed E-state index contributed by atoms with van der Waals surface area (Å²) < 4.78 is 2.13. The Labute approximate surface area is 103 Å². The van der Waals surface area contributed by atoms with Crippen molar-refractivity contribution in [1.82, 2.24) is 19.4 Å². The lowest BCUT2D eigenvalue weighted by Gasteiger charge is -2.37. The molecule has 2 rings (SSSR count). The molecule has 0 bridgehead atoms. The van der Waals surface area contributed by atoms with Crippen molar-refractivity contribution in [3.63, 3.8) is 0 Å². The van der Waals surface area contributed by atoms with Crippen molar-refractivity contribution in [1.29, 1.82) is 0 Å². The summed E-state index contributed by atoms with van der Waals surface area (Å²) in [6.45, 7) is 7.48. The molecule has 17 heavy (non-hydrogen) atoms. The quantitative estimate of drug-likeness (QED) is 0.830. The third-order valence-corrected chi connectivity index (χ3v) is 3.53. The Kier molecular flexibility index (Phi) is 4.02. The second-order valence-corrected chi connectivity index (χ2v) is 4.81. The van der Waals surface area contributed by atoms with Crippen LogP contribution in [0.2, 0.25) is 0 Å². The van der Waals surface area contributed by atoms with Crippen molar-refractivity contribution in [3.8, 4) is 0 Å². The maximum absolute atomic E-state index is 4.34. The zero-order valence-electron chi connectivity index (χ0n) is 11.1. The fourth-order valence-corrected chi connectivity index (χ4v) is 2.26. The van der Waals surface area contributed by atoms with Crippen molar-refractivity contribution in [2.24, 2.45) is 0 Å². The van der Waals surface area contributed by atoms with E-state index in [0.29, 0.717) is 6.04 Å². The molecule has 1 N–H and O–H groups in total. The Morgan fingerprint density at radius 3 is 3.00 bits per heavy atom. The van der Waals surface area contributed by atoms with E-state index in [1.807, 2.05) is 12.4 Å². The predicted molar refractivity (Wildman–Crippen MR) is 70.3 cm³/mol. The monoisotopic (exact) mass is 237 g/mol. The highest BCUT2D eigenvalue weighted by atomic mass is 15.3. The number of aromatic nitrogens is 2. The highest BCUT2D eigenvalue weighted by Crippen LogP contribution is 2.08. The van der Waals surface area contributed by atoms with E-state index in [1.54, 1.807) is 0 Å². The Balaban J connectivity index is 1.88. The van der Waals surface area contributed by atoms with Gasteiger partial charge in [0.25, 0.3) is 0 Å². The van der Waals surface area contributed by atoms with Crippen molar-refractivity contribution < 1.29 is 0 Å². The number of rotatable bonds is 4. The van der Waals surface area contributed by atoms with Gasteiger partial charge < -0.3 is 14.8 Å². The van der Waals surface area contributed by atoms with Crippen LogP contribution < -0.4 is 5.32 Å². The van der Waals surface area contributed by atoms with E-state index in [4.69, 9.17) is 0 Å². The normalized spacial score (nSPS) is 22.9. The van der Waals surface area contributed by atoms with Gasteiger partial charge in [0.2, 0.25) is 5.95 Å². The summed E-state index contributed by atoms with van der Waals surface area (Å²) >= 11 is 0. The molecule has 0 saturated carbocycles. The molecule has 0 aromatic carbocycles. The fraction of sp³-hybridized carbons (Fsp3) is 0.750. The number of likely N-dealkylation sites (N-methyl/N-ethyl adjacent to an activating group) is 2. The van der Waals surface area contributed by atoms with Crippen molar-refractivity contribution >= 4 is 5.95 Å². The number of aryl methyl sites for hydroxylation is 1. The molecule has 1 aromatic heterocycles. The lowest BCUT2D eigenvalue weighted by molar-refractivity contribution is 0.121. The number of hydrogen-bond acceptors (Lipinski definition) is 4. The van der Waals surface area contributed by atoms with Gasteiger partial charge in [-0.1, -0.05) is 0 Å². The number of piperazine rings is 1. The van der Waals surface area contributed by atoms with Gasteiger partial charge in [0, 0.05) is 51.2 Å². The molecule has 0 radical (unpaired) electrons. The van der Waals surface area contributed by atoms with Gasteiger partial charge in [0.05, 0.1) is 0 Å². The molecule has 5 heteroatoms. The summed E-state index contributed by atoms with van der Waals surface area (Å²) in [5.41, 5.74) is 0. The number of nitrogens with one attached hydrogen (secondary N) is 1. The average Bonchev–Trinajstić information content (AvgIpc) is 2.77. The van der Waals surface area contributed by atoms with E-state index in [9.17, 15) is 0 Å². The largest absolute Gasteiger partial charge is 0.354 e. The fourth-order valence-electron chi connectivity index (χ4n) is 2.26. The van der Waals surface area contributed by atoms with Gasteiger partial charge >= 0.3 is 0 Å². The molecule has 0 aliphatic carbocycles. The minimum absolute atomic E-state index is 0.566. The smallest absolute Gasteiger partial charge is 0.202 e. The van der Waals surface area contributed by atoms with E-state index in [-0.39, 0.29) is 0 Å². The average molecular weight is 237 g/mol. The van der Waals surface area contributed by atoms with Crippen LogP contribution in [0.4, 0.5) is 5.95 Å². The zero-order chi connectivity index (χ0) is 12.3. The second-order valence-electron chi connectivity index (χ2n) is 4.81. The molecule has 1 atom stereocenters. The summed E-state index contributed by atoms with van der Waals surface area (Å²) in [4.78, 5) is 9.15. The van der Waals surface area contributed by atoms with Crippen LogP contribution in [0, 0.1) is 0 Å². The first-order valence-corrected chi connectivity index (χ1v) is 6.34. The second kappa shape index (κ2) is 5.51. The third kappa shape index (κ3) is 2.98. The van der Waals surface area contributed by atoms with E-state index < -0.39 is 0 Å². The maximum Gasteiger partial charge on any atom is 0.202 e. The predicted octanol–water partition coefficient (Wildman–Crippen LogP) is 0.561. The van der Waals surface area contributed by atoms with Gasteiger partial charge in [-0.05, 0) is 21.0 Å². The highest BCUT2D eigenvalue weighted by molar-refractivity contribution is 5.26. The summed E-state index contributed by atoms with van der Waals surface area (Å²) in [5.74, 6) is 0.981. The van der Waals surface area contributed by atoms with E-state index in [1.165, 1.54) is 0 Å². The van der Waals surface area contributed by atoms with Crippen LogP contribution in [0.5, 0.6) is 0 Å². The van der Waals surface area contributed by atoms with Crippen LogP contribution in [-0.4, -0.2) is 65.7 Å². The molecule has 1 aromatic rings. The van der Waals surface area contributed by atoms with E-state index >= 15 is 0 Å². The van der Waals surface area contributed by atoms with Crippen molar-refractivity contribution in [3.05, 3.63) is 12.4 Å². The van der Waals surface area contributed by atoms with Crippen LogP contribution >= 0.6 is 0 Å². The van der Waals surface area contributed by atoms with Crippen LogP contribution in [0.15, 0.2) is 12.4 Å². The van der Waals surface area contributed by atoms with Crippen LogP contribution in [-0.2, 0) is 6.54 Å². The lowest BCUT2D eigenvalue weighted by Crippen LogP contribution is -2.52. The van der Waals surface area contributed by atoms with Gasteiger partial charge in [-0.15, -0.1) is 0 Å². The summed E-state index contributed by atoms with van der Waals surface area (Å²) in [7, 11) is 4.39. The molecule has 1 fully saturated rings. The van der Waals surface area contributed by atoms with Crippen molar-refractivity contribution in [2.45, 2.75) is 19.5 Å². The van der Waals surface area contributed by atoms with Crippen molar-refractivity contribution in [2.75, 3.05) is 45.6 Å². The van der Waals surface area contributed by atoms with Crippen LogP contribution in [0.25, 0.3) is 0 Å². The summed E-state index contributed by atoms with van der Waals surface area (Å²) in [5, 5.41) is 3.45. The molecular weight excluding hydrogens is 214 g/mol. The third-order valence-electron chi connectivity index (χ3n) is 3.53. The zero-order valence-corrected chi connectivity index (χ0v) is 11.1. The first kappa shape index (κ1) is 12.4. The molecule has 1 saturated heterocycles. The molecule has 2 heterocycles. The van der Waals surface area contributed by atoms with Crippen LogP contribution in [0.1, 0.15) is 6.92 Å². The molecular formula is C12H23N5. The van der Waals surface area contributed by atoms with E-state index in [2.05, 4.69) is 45.7 Å². The molecule has 1 unspecified atom stereocenters. The van der Waals surface area contributed by atoms with E-state index in [0.717, 1.165) is 38.7 Å². The number of imidazole rings is 1. The molecule has 1 aliphatic rings. The Morgan fingerprint density at radius 1 is 1.41 bits per heavy atom. The number of nitrogens with zero attached hydrogens (tertiary/aromatic N) is 4. The Morgan fingerprint density at radius 2 is 2.24 bits per heavy atom. The first-order valence-electron chi connectivity index (χ1n) is 6.34. The molecule has 5 nitrogen and oxygen atoms in total. The number of anilines is 1. The Bertz CT molecular complexity index is 348. The van der Waals surface area contributed by atoms with Crippen LogP contribution in [0.3, 0.4) is 0 Å². The standard InChI is InChI=1S/C12H23N5/c1-4-17-6-5-13-12(17)14-9-11-10-15(2)7-8-16(11)3/h5-6,11H,4,7-10H2,1-3H3,(H,13,14). The minimum atomic E-state index is 0.566. The van der Waals surface area contributed by atoms with Gasteiger partial charge in [-0.2, -0.15) is 0 Å². The lowest BCUT2D eigenvalue weighted by atomic mass is 10.2. The highest BCUT2D eigenvalue weighted by Gasteiger charge is 2.21. The van der Waals surface area contributed by atoms with Gasteiger partial charge in [0.15, 0.2) is 0 Å².